The molecule has 8 nitrogen and oxygen atoms in total. The van der Waals surface area contributed by atoms with E-state index in [0.29, 0.717) is 42.6 Å². The molecule has 0 amide bonds. The maximum atomic E-state index is 12.9. The minimum atomic E-state index is -0.0780. The van der Waals surface area contributed by atoms with Gasteiger partial charge in [-0.15, -0.1) is 0 Å². The van der Waals surface area contributed by atoms with Crippen LogP contribution in [0.2, 0.25) is 0 Å². The van der Waals surface area contributed by atoms with Gasteiger partial charge in [0.05, 0.1) is 31.1 Å². The first-order chi connectivity index (χ1) is 13.5. The second-order valence-electron chi connectivity index (χ2n) is 6.64. The van der Waals surface area contributed by atoms with E-state index in [1.165, 1.54) is 7.11 Å². The summed E-state index contributed by atoms with van der Waals surface area (Å²) in [6.07, 6.45) is 3.76. The molecule has 0 saturated heterocycles. The Morgan fingerprint density at radius 3 is 2.64 bits per heavy atom. The fourth-order valence-electron chi connectivity index (χ4n) is 3.21. The first-order valence-electron chi connectivity index (χ1n) is 8.99. The highest BCUT2D eigenvalue weighted by atomic mass is 16.6. The van der Waals surface area contributed by atoms with Crippen LogP contribution in [-0.4, -0.2) is 41.0 Å². The second kappa shape index (κ2) is 7.38. The number of ketones is 1. The number of rotatable bonds is 6. The smallest absolute Gasteiger partial charge is 0.171 e. The lowest BCUT2D eigenvalue weighted by Crippen LogP contribution is -2.16. The van der Waals surface area contributed by atoms with Gasteiger partial charge in [0, 0.05) is 24.2 Å². The minimum absolute atomic E-state index is 0.0780. The van der Waals surface area contributed by atoms with Crippen molar-refractivity contribution in [3.05, 3.63) is 52.7 Å². The molecule has 0 spiro atoms. The van der Waals surface area contributed by atoms with Crippen LogP contribution in [0.4, 0.5) is 0 Å². The van der Waals surface area contributed by atoms with Crippen LogP contribution in [0.15, 0.2) is 29.0 Å². The second-order valence-corrected chi connectivity index (χ2v) is 6.64. The lowest BCUT2D eigenvalue weighted by Gasteiger charge is -2.20. The van der Waals surface area contributed by atoms with Crippen molar-refractivity contribution in [3.8, 4) is 17.2 Å². The number of aryl methyl sites for hydroxylation is 2. The van der Waals surface area contributed by atoms with Crippen LogP contribution in [0.1, 0.15) is 32.9 Å². The highest BCUT2D eigenvalue weighted by molar-refractivity contribution is 6.00. The van der Waals surface area contributed by atoms with E-state index in [9.17, 15) is 4.79 Å². The molecule has 146 valence electrons. The Morgan fingerprint density at radius 2 is 1.96 bits per heavy atom. The zero-order chi connectivity index (χ0) is 19.7. The summed E-state index contributed by atoms with van der Waals surface area (Å²) in [7, 11) is 1.53. The topological polar surface area (TPSA) is 88.6 Å². The van der Waals surface area contributed by atoms with E-state index in [2.05, 4.69) is 10.3 Å². The molecule has 0 radical (unpaired) electrons. The van der Waals surface area contributed by atoms with Crippen molar-refractivity contribution in [3.63, 3.8) is 0 Å². The number of nitrogens with zero attached hydrogens (tertiary/aromatic N) is 3. The molecule has 28 heavy (non-hydrogen) atoms. The molecule has 0 aliphatic carbocycles. The number of carbonyl (C=O) groups is 1. The number of hydrogen-bond acceptors (Lipinski definition) is 7. The van der Waals surface area contributed by atoms with Crippen molar-refractivity contribution in [2.75, 3.05) is 20.3 Å². The number of aromatic nitrogens is 3. The van der Waals surface area contributed by atoms with Crippen molar-refractivity contribution in [1.82, 2.24) is 14.9 Å². The van der Waals surface area contributed by atoms with E-state index in [1.807, 2.05) is 20.0 Å². The maximum Gasteiger partial charge on any atom is 0.171 e. The summed E-state index contributed by atoms with van der Waals surface area (Å²) in [5, 5.41) is 8.31. The normalized spacial score (nSPS) is 12.8. The Bertz CT molecular complexity index is 1000. The quantitative estimate of drug-likeness (QED) is 0.605. The average Bonchev–Trinajstić information content (AvgIpc) is 3.28. The molecule has 0 bridgehead atoms. The first-order valence-corrected chi connectivity index (χ1v) is 8.99. The molecule has 1 aromatic carbocycles. The largest absolute Gasteiger partial charge is 0.496 e. The summed E-state index contributed by atoms with van der Waals surface area (Å²) in [6.45, 7) is 5.25. The van der Waals surface area contributed by atoms with Crippen LogP contribution in [0.3, 0.4) is 0 Å². The molecule has 0 saturated carbocycles. The molecule has 0 atom stereocenters. The van der Waals surface area contributed by atoms with Gasteiger partial charge >= 0.3 is 0 Å². The maximum absolute atomic E-state index is 12.9. The molecule has 2 aromatic heterocycles. The Hall–Kier alpha value is -3.29. The number of fused-ring (bicyclic) bond motifs is 1. The zero-order valence-corrected chi connectivity index (χ0v) is 16.0. The van der Waals surface area contributed by atoms with Gasteiger partial charge in [-0.1, -0.05) is 5.16 Å². The van der Waals surface area contributed by atoms with E-state index in [4.69, 9.17) is 18.7 Å². The SMILES string of the molecule is COc1cc2c(cc1C(=O)Cc1cnn(Cc3c(C)noc3C)c1)OCCO2. The van der Waals surface area contributed by atoms with Gasteiger partial charge in [0.15, 0.2) is 17.3 Å². The summed E-state index contributed by atoms with van der Waals surface area (Å²) in [5.41, 5.74) is 3.11. The van der Waals surface area contributed by atoms with Crippen molar-refractivity contribution in [2.24, 2.45) is 0 Å². The van der Waals surface area contributed by atoms with E-state index < -0.39 is 0 Å². The molecule has 4 rings (SSSR count). The molecule has 1 aliphatic heterocycles. The van der Waals surface area contributed by atoms with Gasteiger partial charge in [0.1, 0.15) is 24.7 Å². The monoisotopic (exact) mass is 383 g/mol. The Labute approximate surface area is 162 Å². The van der Waals surface area contributed by atoms with Crippen molar-refractivity contribution in [1.29, 1.82) is 0 Å². The minimum Gasteiger partial charge on any atom is -0.496 e. The zero-order valence-electron chi connectivity index (χ0n) is 16.0. The molecule has 3 aromatic rings. The van der Waals surface area contributed by atoms with Gasteiger partial charge in [-0.3, -0.25) is 9.48 Å². The van der Waals surface area contributed by atoms with Crippen LogP contribution in [0.25, 0.3) is 0 Å². The molecule has 3 heterocycles. The van der Waals surface area contributed by atoms with Gasteiger partial charge in [-0.25, -0.2) is 0 Å². The standard InChI is InChI=1S/C20H21N3O5/c1-12-16(13(2)28-22-12)11-23-10-14(9-21-23)6-17(24)15-7-19-20(8-18(15)25-3)27-5-4-26-19/h7-10H,4-6,11H2,1-3H3. The number of Topliss-reactive ketones (excluding diaryl/α,β-unsaturated/α-hetero) is 1. The van der Waals surface area contributed by atoms with E-state index in [1.54, 1.807) is 23.0 Å². The van der Waals surface area contributed by atoms with Crippen molar-refractivity contribution >= 4 is 5.78 Å². The van der Waals surface area contributed by atoms with Crippen molar-refractivity contribution in [2.45, 2.75) is 26.8 Å². The highest BCUT2D eigenvalue weighted by Gasteiger charge is 2.21. The van der Waals surface area contributed by atoms with Gasteiger partial charge in [0.2, 0.25) is 0 Å². The van der Waals surface area contributed by atoms with Crippen LogP contribution in [-0.2, 0) is 13.0 Å². The van der Waals surface area contributed by atoms with Crippen LogP contribution >= 0.6 is 0 Å². The third kappa shape index (κ3) is 3.45. The Kier molecular flexibility index (Phi) is 4.77. The third-order valence-corrected chi connectivity index (χ3v) is 4.72. The number of hydrogen-bond donors (Lipinski definition) is 0. The third-order valence-electron chi connectivity index (χ3n) is 4.72. The number of benzene rings is 1. The van der Waals surface area contributed by atoms with E-state index in [-0.39, 0.29) is 12.2 Å². The lowest BCUT2D eigenvalue weighted by atomic mass is 10.0. The molecular weight excluding hydrogens is 362 g/mol. The van der Waals surface area contributed by atoms with Crippen LogP contribution in [0.5, 0.6) is 17.2 Å². The van der Waals surface area contributed by atoms with Gasteiger partial charge < -0.3 is 18.7 Å². The summed E-state index contributed by atoms with van der Waals surface area (Å²) in [5.74, 6) is 2.31. The number of ether oxygens (including phenoxy) is 3. The average molecular weight is 383 g/mol. The van der Waals surface area contributed by atoms with Crippen molar-refractivity contribution < 1.29 is 23.5 Å². The summed E-state index contributed by atoms with van der Waals surface area (Å²) in [4.78, 5) is 12.9. The van der Waals surface area contributed by atoms with E-state index >= 15 is 0 Å². The number of methoxy groups -OCH3 is 1. The molecular formula is C20H21N3O5. The summed E-state index contributed by atoms with van der Waals surface area (Å²) >= 11 is 0. The lowest BCUT2D eigenvalue weighted by molar-refractivity contribution is 0.0988. The van der Waals surface area contributed by atoms with Gasteiger partial charge in [-0.05, 0) is 25.5 Å². The van der Waals surface area contributed by atoms with Gasteiger partial charge in [-0.2, -0.15) is 5.10 Å². The first kappa shape index (κ1) is 18.1. The van der Waals surface area contributed by atoms with Crippen LogP contribution in [0, 0.1) is 13.8 Å². The summed E-state index contributed by atoms with van der Waals surface area (Å²) in [6, 6.07) is 3.38. The molecule has 8 heteroatoms. The van der Waals surface area contributed by atoms with E-state index in [0.717, 1.165) is 22.6 Å². The predicted molar refractivity (Wildman–Crippen MR) is 99.3 cm³/mol. The fourth-order valence-corrected chi connectivity index (χ4v) is 3.21. The number of carbonyl (C=O) groups excluding carboxylic acids is 1. The Balaban J connectivity index is 1.52. The Morgan fingerprint density at radius 1 is 1.21 bits per heavy atom. The highest BCUT2D eigenvalue weighted by Crippen LogP contribution is 2.37. The fraction of sp³-hybridized carbons (Fsp3) is 0.350. The molecule has 1 aliphatic rings. The summed E-state index contributed by atoms with van der Waals surface area (Å²) < 4.78 is 23.5. The van der Waals surface area contributed by atoms with Gasteiger partial charge in [0.25, 0.3) is 0 Å². The molecule has 0 unspecified atom stereocenters. The molecule has 0 fully saturated rings. The molecule has 0 N–H and O–H groups in total. The predicted octanol–water partition coefficient (Wildman–Crippen LogP) is 2.74. The van der Waals surface area contributed by atoms with Crippen LogP contribution < -0.4 is 14.2 Å².